The Labute approximate surface area is 142 Å². The van der Waals surface area contributed by atoms with Gasteiger partial charge in [0.25, 0.3) is 0 Å². The minimum absolute atomic E-state index is 0.0308. The van der Waals surface area contributed by atoms with Crippen molar-refractivity contribution in [3.05, 3.63) is 35.6 Å². The molecule has 24 heavy (non-hydrogen) atoms. The maximum Gasteiger partial charge on any atom is 0.230 e. The molecule has 2 N–H and O–H groups in total. The topological polar surface area (TPSA) is 80.5 Å². The highest BCUT2D eigenvalue weighted by Gasteiger charge is 2.40. The molecular formula is C17H23FN2O3S. The van der Waals surface area contributed by atoms with Crippen LogP contribution in [0.25, 0.3) is 0 Å². The van der Waals surface area contributed by atoms with Gasteiger partial charge in [0.15, 0.2) is 0 Å². The molecule has 3 rings (SSSR count). The normalized spacial score (nSPS) is 23.1. The molecule has 132 valence electrons. The van der Waals surface area contributed by atoms with Crippen molar-refractivity contribution >= 4 is 15.9 Å². The lowest BCUT2D eigenvalue weighted by molar-refractivity contribution is -0.135. The number of hydrogen-bond donors (Lipinski definition) is 1. The summed E-state index contributed by atoms with van der Waals surface area (Å²) in [6.45, 7) is 1.07. The summed E-state index contributed by atoms with van der Waals surface area (Å²) in [6, 6.07) is 6.14. The number of hydrogen-bond acceptors (Lipinski definition) is 3. The first-order chi connectivity index (χ1) is 11.3. The number of nitrogens with two attached hydrogens (primary N) is 1. The first kappa shape index (κ1) is 17.4. The molecule has 0 spiro atoms. The number of benzene rings is 1. The van der Waals surface area contributed by atoms with E-state index in [0.717, 1.165) is 31.2 Å². The zero-order valence-corrected chi connectivity index (χ0v) is 14.3. The van der Waals surface area contributed by atoms with Crippen molar-refractivity contribution < 1.29 is 17.6 Å². The van der Waals surface area contributed by atoms with Gasteiger partial charge in [0, 0.05) is 13.1 Å². The number of amides is 1. The van der Waals surface area contributed by atoms with Gasteiger partial charge in [-0.3, -0.25) is 4.79 Å². The van der Waals surface area contributed by atoms with E-state index in [9.17, 15) is 17.6 Å². The predicted molar refractivity (Wildman–Crippen MR) is 89.1 cm³/mol. The van der Waals surface area contributed by atoms with Gasteiger partial charge in [0.1, 0.15) is 5.82 Å². The number of primary sulfonamides is 1. The van der Waals surface area contributed by atoms with E-state index in [0.29, 0.717) is 19.0 Å². The maximum atomic E-state index is 13.2. The van der Waals surface area contributed by atoms with Crippen molar-refractivity contribution in [3.63, 3.8) is 0 Å². The van der Waals surface area contributed by atoms with E-state index in [1.54, 1.807) is 17.0 Å². The molecule has 2 fully saturated rings. The highest BCUT2D eigenvalue weighted by atomic mass is 32.2. The molecule has 0 radical (unpaired) electrons. The summed E-state index contributed by atoms with van der Waals surface area (Å²) in [6.07, 6.45) is 3.56. The Balaban J connectivity index is 1.74. The van der Waals surface area contributed by atoms with Gasteiger partial charge in [-0.2, -0.15) is 0 Å². The molecule has 1 heterocycles. The Bertz CT molecular complexity index is 701. The summed E-state index contributed by atoms with van der Waals surface area (Å²) in [5.41, 5.74) is 0.845. The van der Waals surface area contributed by atoms with Crippen molar-refractivity contribution in [3.8, 4) is 0 Å². The molecule has 0 bridgehead atoms. The molecule has 1 aliphatic heterocycles. The van der Waals surface area contributed by atoms with Gasteiger partial charge in [-0.1, -0.05) is 12.1 Å². The van der Waals surface area contributed by atoms with E-state index in [-0.39, 0.29) is 29.3 Å². The van der Waals surface area contributed by atoms with Gasteiger partial charge in [-0.05, 0) is 55.2 Å². The molecule has 1 amide bonds. The van der Waals surface area contributed by atoms with Crippen molar-refractivity contribution in [2.24, 2.45) is 17.0 Å². The van der Waals surface area contributed by atoms with Crippen LogP contribution >= 0.6 is 0 Å². The molecular weight excluding hydrogens is 331 g/mol. The molecule has 7 heteroatoms. The molecule has 1 saturated heterocycles. The first-order valence-corrected chi connectivity index (χ1v) is 10.1. The summed E-state index contributed by atoms with van der Waals surface area (Å²) in [7, 11) is -3.53. The van der Waals surface area contributed by atoms with Gasteiger partial charge in [-0.15, -0.1) is 0 Å². The second kappa shape index (κ2) is 6.80. The standard InChI is InChI=1S/C17H23FN2O3S/c18-15-7-5-14(6-8-15)16(13-3-4-13)17(21)20-9-1-2-12(10-20)11-24(19,22)23/h5-8,12-13,16H,1-4,9-11H2,(H2,19,22,23). The van der Waals surface area contributed by atoms with Crippen LogP contribution in [0.3, 0.4) is 0 Å². The highest BCUT2D eigenvalue weighted by Crippen LogP contribution is 2.44. The van der Waals surface area contributed by atoms with E-state index in [2.05, 4.69) is 0 Å². The molecule has 1 aromatic rings. The van der Waals surface area contributed by atoms with Crippen LogP contribution in [0.2, 0.25) is 0 Å². The van der Waals surface area contributed by atoms with Crippen LogP contribution in [0.4, 0.5) is 4.39 Å². The summed E-state index contributed by atoms with van der Waals surface area (Å²) in [4.78, 5) is 14.8. The number of rotatable bonds is 5. The minimum atomic E-state index is -3.53. The van der Waals surface area contributed by atoms with Crippen LogP contribution in [-0.4, -0.2) is 38.1 Å². The quantitative estimate of drug-likeness (QED) is 0.876. The summed E-state index contributed by atoms with van der Waals surface area (Å²) < 4.78 is 35.8. The summed E-state index contributed by atoms with van der Waals surface area (Å²) >= 11 is 0. The van der Waals surface area contributed by atoms with Crippen molar-refractivity contribution in [1.29, 1.82) is 0 Å². The van der Waals surface area contributed by atoms with Crippen molar-refractivity contribution in [2.45, 2.75) is 31.6 Å². The van der Waals surface area contributed by atoms with Gasteiger partial charge in [0.2, 0.25) is 15.9 Å². The Kier molecular flexibility index (Phi) is 4.92. The second-order valence-electron chi connectivity index (χ2n) is 6.99. The average Bonchev–Trinajstić information content (AvgIpc) is 3.33. The Morgan fingerprint density at radius 3 is 2.50 bits per heavy atom. The maximum absolute atomic E-state index is 13.2. The zero-order chi connectivity index (χ0) is 17.3. The van der Waals surface area contributed by atoms with Crippen LogP contribution in [0.5, 0.6) is 0 Å². The Morgan fingerprint density at radius 1 is 1.25 bits per heavy atom. The number of nitrogens with zero attached hydrogens (tertiary/aromatic N) is 1. The molecule has 2 atom stereocenters. The summed E-state index contributed by atoms with van der Waals surface area (Å²) in [5.74, 6) is -0.414. The highest BCUT2D eigenvalue weighted by molar-refractivity contribution is 7.89. The Hall–Kier alpha value is -1.47. The van der Waals surface area contributed by atoms with Gasteiger partial charge in [0.05, 0.1) is 11.7 Å². The zero-order valence-electron chi connectivity index (χ0n) is 13.5. The lowest BCUT2D eigenvalue weighted by Gasteiger charge is -2.35. The number of carbonyl (C=O) groups excluding carboxylic acids is 1. The van der Waals surface area contributed by atoms with Gasteiger partial charge >= 0.3 is 0 Å². The van der Waals surface area contributed by atoms with E-state index < -0.39 is 10.0 Å². The van der Waals surface area contributed by atoms with E-state index in [1.807, 2.05) is 0 Å². The number of likely N-dealkylation sites (tertiary alicyclic amines) is 1. The molecule has 1 saturated carbocycles. The van der Waals surface area contributed by atoms with Gasteiger partial charge < -0.3 is 4.90 Å². The van der Waals surface area contributed by atoms with Gasteiger partial charge in [-0.25, -0.2) is 17.9 Å². The number of sulfonamides is 1. The second-order valence-corrected chi connectivity index (χ2v) is 8.65. The fourth-order valence-corrected chi connectivity index (χ4v) is 4.57. The lowest BCUT2D eigenvalue weighted by Crippen LogP contribution is -2.44. The fraction of sp³-hybridized carbons (Fsp3) is 0.588. The fourth-order valence-electron chi connectivity index (χ4n) is 3.64. The third-order valence-corrected chi connectivity index (χ3v) is 5.82. The molecule has 2 unspecified atom stereocenters. The smallest absolute Gasteiger partial charge is 0.230 e. The number of carbonyl (C=O) groups is 1. The van der Waals surface area contributed by atoms with E-state index in [1.165, 1.54) is 12.1 Å². The molecule has 1 aliphatic carbocycles. The van der Waals surface area contributed by atoms with Crippen LogP contribution in [0.15, 0.2) is 24.3 Å². The molecule has 1 aromatic carbocycles. The number of halogens is 1. The minimum Gasteiger partial charge on any atom is -0.342 e. The van der Waals surface area contributed by atoms with Crippen LogP contribution in [0, 0.1) is 17.7 Å². The first-order valence-electron chi connectivity index (χ1n) is 8.38. The van der Waals surface area contributed by atoms with Crippen LogP contribution in [0.1, 0.15) is 37.2 Å². The Morgan fingerprint density at radius 2 is 1.92 bits per heavy atom. The third kappa shape index (κ3) is 4.33. The molecule has 0 aromatic heterocycles. The molecule has 5 nitrogen and oxygen atoms in total. The molecule has 2 aliphatic rings. The third-order valence-electron chi connectivity index (χ3n) is 4.89. The average molecular weight is 354 g/mol. The largest absolute Gasteiger partial charge is 0.342 e. The van der Waals surface area contributed by atoms with Crippen LogP contribution in [-0.2, 0) is 14.8 Å². The van der Waals surface area contributed by atoms with Crippen LogP contribution < -0.4 is 5.14 Å². The lowest BCUT2D eigenvalue weighted by atomic mass is 9.90. The predicted octanol–water partition coefficient (Wildman–Crippen LogP) is 1.85. The van der Waals surface area contributed by atoms with E-state index >= 15 is 0 Å². The van der Waals surface area contributed by atoms with E-state index in [4.69, 9.17) is 5.14 Å². The number of piperidine rings is 1. The monoisotopic (exact) mass is 354 g/mol. The SMILES string of the molecule is NS(=O)(=O)CC1CCCN(C(=O)C(c2ccc(F)cc2)C2CC2)C1. The van der Waals surface area contributed by atoms with Crippen molar-refractivity contribution in [2.75, 3.05) is 18.8 Å². The van der Waals surface area contributed by atoms with Crippen molar-refractivity contribution in [1.82, 2.24) is 4.90 Å². The summed E-state index contributed by atoms with van der Waals surface area (Å²) in [5, 5.41) is 5.14.